The van der Waals surface area contributed by atoms with E-state index >= 15 is 0 Å². The Balaban J connectivity index is 1.73. The van der Waals surface area contributed by atoms with E-state index in [0.29, 0.717) is 17.8 Å². The molecule has 0 bridgehead atoms. The Bertz CT molecular complexity index is 538. The fourth-order valence-electron chi connectivity index (χ4n) is 5.60. The third-order valence-corrected chi connectivity index (χ3v) is 8.08. The molecule has 7 unspecified atom stereocenters. The van der Waals surface area contributed by atoms with E-state index in [2.05, 4.69) is 47.1 Å². The molecule has 30 heavy (non-hydrogen) atoms. The van der Waals surface area contributed by atoms with Crippen LogP contribution in [0.4, 0.5) is 0 Å². The first-order valence-electron chi connectivity index (χ1n) is 12.6. The van der Waals surface area contributed by atoms with Crippen LogP contribution < -0.4 is 0 Å². The summed E-state index contributed by atoms with van der Waals surface area (Å²) in [4.78, 5) is 0. The number of fused-ring (bicyclic) bond motifs is 1. The summed E-state index contributed by atoms with van der Waals surface area (Å²) in [6.45, 7) is 13.0. The van der Waals surface area contributed by atoms with Crippen LogP contribution in [0.15, 0.2) is 11.6 Å². The van der Waals surface area contributed by atoms with Gasteiger partial charge in [0.1, 0.15) is 0 Å². The summed E-state index contributed by atoms with van der Waals surface area (Å²) >= 11 is 0. The highest BCUT2D eigenvalue weighted by Crippen LogP contribution is 2.46. The van der Waals surface area contributed by atoms with Gasteiger partial charge in [0, 0.05) is 0 Å². The van der Waals surface area contributed by atoms with Crippen molar-refractivity contribution >= 4 is 0 Å². The zero-order valence-corrected chi connectivity index (χ0v) is 20.6. The number of allylic oxidation sites excluding steroid dienone is 2. The van der Waals surface area contributed by atoms with Crippen molar-refractivity contribution in [1.29, 1.82) is 0 Å². The second kappa shape index (κ2) is 11.5. The zero-order chi connectivity index (χ0) is 22.4. The van der Waals surface area contributed by atoms with Crippen LogP contribution in [0, 0.1) is 24.2 Å². The molecule has 0 radical (unpaired) electrons. The van der Waals surface area contributed by atoms with Crippen LogP contribution in [0.25, 0.3) is 0 Å². The van der Waals surface area contributed by atoms with E-state index in [1.54, 1.807) is 0 Å². The van der Waals surface area contributed by atoms with Gasteiger partial charge in [0.25, 0.3) is 0 Å². The molecule has 0 aromatic heterocycles. The Morgan fingerprint density at radius 3 is 2.63 bits per heavy atom. The molecule has 0 aromatic rings. The van der Waals surface area contributed by atoms with E-state index in [9.17, 15) is 10.2 Å². The molecule has 2 aliphatic rings. The third kappa shape index (κ3) is 7.64. The quantitative estimate of drug-likeness (QED) is 0.224. The normalized spacial score (nSPS) is 36.9. The highest BCUT2D eigenvalue weighted by atomic mass is 16.5. The average molecular weight is 422 g/mol. The lowest BCUT2D eigenvalue weighted by Gasteiger charge is -2.51. The Labute approximate surface area is 186 Å². The van der Waals surface area contributed by atoms with Crippen LogP contribution in [-0.4, -0.2) is 33.6 Å². The Kier molecular flexibility index (Phi) is 9.90. The molecule has 0 spiro atoms. The molecule has 3 heteroatoms. The summed E-state index contributed by atoms with van der Waals surface area (Å²) in [5.41, 5.74) is 0.788. The lowest BCUT2D eigenvalue weighted by molar-refractivity contribution is -0.200. The summed E-state index contributed by atoms with van der Waals surface area (Å²) in [6.07, 6.45) is 16.0. The molecule has 0 amide bonds. The lowest BCUT2D eigenvalue weighted by Crippen LogP contribution is -2.52. The van der Waals surface area contributed by atoms with Crippen LogP contribution in [0.2, 0.25) is 0 Å². The maximum atomic E-state index is 10.9. The Hall–Kier alpha value is -0.380. The molecule has 176 valence electrons. The van der Waals surface area contributed by atoms with Gasteiger partial charge in [-0.3, -0.25) is 0 Å². The number of hydrogen-bond donors (Lipinski definition) is 2. The molecule has 1 aliphatic carbocycles. The van der Waals surface area contributed by atoms with Gasteiger partial charge in [0.15, 0.2) is 0 Å². The first-order chi connectivity index (χ1) is 14.1. The van der Waals surface area contributed by atoms with Crippen molar-refractivity contribution in [2.75, 3.05) is 0 Å². The highest BCUT2D eigenvalue weighted by molar-refractivity contribution is 4.99. The van der Waals surface area contributed by atoms with Gasteiger partial charge in [0.2, 0.25) is 0 Å². The van der Waals surface area contributed by atoms with Gasteiger partial charge < -0.3 is 21.4 Å². The fourth-order valence-corrected chi connectivity index (χ4v) is 5.60. The van der Waals surface area contributed by atoms with Crippen molar-refractivity contribution < 1.29 is 14.9 Å². The molecule has 3 nitrogen and oxygen atoms in total. The Morgan fingerprint density at radius 1 is 1.23 bits per heavy atom. The molecule has 1 heterocycles. The zero-order valence-electron chi connectivity index (χ0n) is 20.6. The summed E-state index contributed by atoms with van der Waals surface area (Å²) in [6, 6.07) is 0. The van der Waals surface area contributed by atoms with Crippen molar-refractivity contribution in [3.8, 4) is 0 Å². The SMILES string of the molecule is C[CH-]CC/C=C(\C)CCCC(C)(O)CCCC1(C)CCC2CC(O)C(C)C(C)C2O1. The van der Waals surface area contributed by atoms with E-state index in [0.717, 1.165) is 70.6 Å². The third-order valence-electron chi connectivity index (χ3n) is 8.08. The van der Waals surface area contributed by atoms with Gasteiger partial charge >= 0.3 is 0 Å². The highest BCUT2D eigenvalue weighted by Gasteiger charge is 2.46. The maximum absolute atomic E-state index is 10.9. The summed E-state index contributed by atoms with van der Waals surface area (Å²) in [5.74, 6) is 1.23. The number of aliphatic hydroxyl groups excluding tert-OH is 1. The van der Waals surface area contributed by atoms with Crippen molar-refractivity contribution in [2.24, 2.45) is 17.8 Å². The van der Waals surface area contributed by atoms with E-state index in [1.807, 2.05) is 6.92 Å². The number of aliphatic hydroxyl groups is 2. The summed E-state index contributed by atoms with van der Waals surface area (Å²) < 4.78 is 6.68. The van der Waals surface area contributed by atoms with Gasteiger partial charge in [-0.05, 0) is 96.3 Å². The van der Waals surface area contributed by atoms with Crippen molar-refractivity contribution in [2.45, 2.75) is 136 Å². The molecule has 2 N–H and O–H groups in total. The van der Waals surface area contributed by atoms with Gasteiger partial charge in [-0.1, -0.05) is 31.9 Å². The second-order valence-corrected chi connectivity index (χ2v) is 11.1. The first-order valence-corrected chi connectivity index (χ1v) is 12.6. The largest absolute Gasteiger partial charge is 0.393 e. The number of unbranched alkanes of at least 4 members (excludes halogenated alkanes) is 2. The number of ether oxygens (including phenoxy) is 1. The van der Waals surface area contributed by atoms with Crippen molar-refractivity contribution in [3.63, 3.8) is 0 Å². The van der Waals surface area contributed by atoms with Crippen molar-refractivity contribution in [1.82, 2.24) is 0 Å². The first kappa shape index (κ1) is 25.9. The monoisotopic (exact) mass is 421 g/mol. The molecular formula is C27H49O3-. The van der Waals surface area contributed by atoms with Gasteiger partial charge in [-0.25, -0.2) is 0 Å². The summed E-state index contributed by atoms with van der Waals surface area (Å²) in [7, 11) is 0. The van der Waals surface area contributed by atoms with Crippen LogP contribution in [0.3, 0.4) is 0 Å². The molecule has 1 saturated heterocycles. The Morgan fingerprint density at radius 2 is 1.93 bits per heavy atom. The molecule has 1 saturated carbocycles. The molecule has 2 rings (SSSR count). The molecule has 7 atom stereocenters. The van der Waals surface area contributed by atoms with E-state index in [4.69, 9.17) is 4.74 Å². The topological polar surface area (TPSA) is 49.7 Å². The summed E-state index contributed by atoms with van der Waals surface area (Å²) in [5, 5.41) is 21.2. The number of rotatable bonds is 11. The van der Waals surface area contributed by atoms with Gasteiger partial charge in [0.05, 0.1) is 23.4 Å². The average Bonchev–Trinajstić information content (AvgIpc) is 2.67. The molecule has 1 aliphatic heterocycles. The van der Waals surface area contributed by atoms with Crippen LogP contribution in [0.1, 0.15) is 112 Å². The lowest BCUT2D eigenvalue weighted by atomic mass is 9.67. The van der Waals surface area contributed by atoms with Gasteiger partial charge in [-0.2, -0.15) is 13.3 Å². The smallest absolute Gasteiger partial charge is 0.0658 e. The van der Waals surface area contributed by atoms with Crippen LogP contribution in [0.5, 0.6) is 0 Å². The van der Waals surface area contributed by atoms with E-state index < -0.39 is 5.60 Å². The standard InChI is InChI=1S/C27H49O3/c1-7-8-9-12-20(2)13-10-15-26(5,29)16-11-17-27(6)18-14-23-19-24(28)21(3)22(4)25(23)30-27/h7,12,21-25,28-29H,8-11,13-19H2,1-6H3/q-1/b20-12+. The predicted octanol–water partition coefficient (Wildman–Crippen LogP) is 6.62. The van der Waals surface area contributed by atoms with E-state index in [1.165, 1.54) is 5.57 Å². The minimum Gasteiger partial charge on any atom is -0.393 e. The van der Waals surface area contributed by atoms with Crippen molar-refractivity contribution in [3.05, 3.63) is 18.1 Å². The minimum absolute atomic E-state index is 0.0802. The minimum atomic E-state index is -0.582. The predicted molar refractivity (Wildman–Crippen MR) is 126 cm³/mol. The van der Waals surface area contributed by atoms with E-state index in [-0.39, 0.29) is 17.8 Å². The number of hydrogen-bond acceptors (Lipinski definition) is 3. The molecule has 2 fully saturated rings. The van der Waals surface area contributed by atoms with Crippen LogP contribution >= 0.6 is 0 Å². The maximum Gasteiger partial charge on any atom is 0.0658 e. The second-order valence-electron chi connectivity index (χ2n) is 11.1. The molecular weight excluding hydrogens is 372 g/mol. The van der Waals surface area contributed by atoms with Gasteiger partial charge in [-0.15, -0.1) is 0 Å². The van der Waals surface area contributed by atoms with Crippen LogP contribution in [-0.2, 0) is 4.74 Å². The fraction of sp³-hybridized carbons (Fsp3) is 0.889. The molecule has 0 aromatic carbocycles.